The maximum absolute atomic E-state index is 12.7. The third-order valence-corrected chi connectivity index (χ3v) is 35.3. The fourth-order valence-corrected chi connectivity index (χ4v) is 22.7. The Kier molecular flexibility index (Phi) is 56.8. The lowest BCUT2D eigenvalue weighted by Gasteiger charge is -2.38. The summed E-state index contributed by atoms with van der Waals surface area (Å²) in [4.78, 5) is 0. The average molecular weight is 1960 g/mol. The van der Waals surface area contributed by atoms with E-state index in [0.717, 1.165) is 39.4 Å². The number of aliphatic hydroxyl groups excluding tert-OH is 4. The van der Waals surface area contributed by atoms with E-state index in [1.807, 2.05) is 41.5 Å². The highest BCUT2D eigenvalue weighted by Crippen LogP contribution is 2.53. The highest BCUT2D eigenvalue weighted by molar-refractivity contribution is 7.58. The first-order chi connectivity index (χ1) is 58.0. The van der Waals surface area contributed by atoms with Crippen LogP contribution in [-0.2, 0) is 106 Å². The van der Waals surface area contributed by atoms with Gasteiger partial charge in [-0.05, 0) is 148 Å². The highest BCUT2D eigenvalue weighted by Gasteiger charge is 2.48. The largest absolute Gasteiger partial charge is 0.394 e. The Labute approximate surface area is 769 Å². The molecule has 12 unspecified atom stereocenters. The second-order valence-electron chi connectivity index (χ2n) is 38.9. The molecule has 754 valence electrons. The van der Waals surface area contributed by atoms with Gasteiger partial charge in [0.15, 0.2) is 37.9 Å². The van der Waals surface area contributed by atoms with Crippen molar-refractivity contribution in [1.82, 2.24) is 9.34 Å². The minimum Gasteiger partial charge on any atom is -0.394 e. The second-order valence-corrected chi connectivity index (χ2v) is 57.6. The van der Waals surface area contributed by atoms with Gasteiger partial charge in [-0.2, -0.15) is 0 Å². The molecule has 0 spiro atoms. The summed E-state index contributed by atoms with van der Waals surface area (Å²) in [5.74, 6) is 5.76. The summed E-state index contributed by atoms with van der Waals surface area (Å²) in [5.41, 5.74) is 0. The predicted molar refractivity (Wildman–Crippen MR) is 517 cm³/mol. The first-order valence-electron chi connectivity index (χ1n) is 46.7. The molecule has 0 radical (unpaired) electrons. The molecule has 0 amide bonds. The smallest absolute Gasteiger partial charge is 0.328 e. The van der Waals surface area contributed by atoms with Crippen molar-refractivity contribution in [3.05, 3.63) is 0 Å². The fourth-order valence-electron chi connectivity index (χ4n) is 16.3. The maximum atomic E-state index is 12.7. The fraction of sp³-hybridized carbons (Fsp3) is 1.00. The minimum atomic E-state index is -3.21. The number of ether oxygens (including phenoxy) is 9. The predicted octanol–water partition coefficient (Wildman–Crippen LogP) is 18.7. The van der Waals surface area contributed by atoms with Crippen LogP contribution in [0, 0.1) is 82.9 Å². The van der Waals surface area contributed by atoms with Crippen molar-refractivity contribution in [3.8, 4) is 0 Å². The SMILES string of the molecule is CC1C(C)[C@@H](COP(C)(=O)OC2C(C)[C@@H](CO)O[C@H]2C)O[C@H]1C.CC1[C@@H](CO)O[C@@H](C)[C@H]1C.CC1[C@@H](COP(C)(C)=O)O[C@@H](C)[C@H]1C.CC1[C@@H](COP(C)(C)=O)O[C@@H](C)[C@H]1O.CC1[C@@H](COP(C)(C)=O)O[C@@H](C)[C@H]1O.CC1[C@@H](COP(C)C)O[C@@H](C)[C@H]1C.CC1[C@@H](COP(C)C)O[C@@H](C)[C@H]1C.CCN(CC)P(O[C@H]1C(C)[C@@H](COP(C)(C)=O)O[C@H]1C)N(CC)CC. The van der Waals surface area contributed by atoms with Crippen LogP contribution >= 0.6 is 61.8 Å². The molecule has 37 heteroatoms. The van der Waals surface area contributed by atoms with Gasteiger partial charge < -0.3 is 104 Å². The van der Waals surface area contributed by atoms with Crippen molar-refractivity contribution in [2.45, 2.75) is 321 Å². The first-order valence-corrected chi connectivity index (χ1v) is 64.2. The zero-order valence-electron chi connectivity index (χ0n) is 85.6. The highest BCUT2D eigenvalue weighted by atomic mass is 31.2. The Hall–Kier alpha value is 1.48. The Balaban J connectivity index is 0.000000496. The molecule has 0 aromatic carbocycles. The van der Waals surface area contributed by atoms with Crippen LogP contribution in [0.2, 0.25) is 0 Å². The minimum absolute atomic E-state index is 0.00724. The van der Waals surface area contributed by atoms with E-state index in [-0.39, 0.29) is 151 Å². The van der Waals surface area contributed by atoms with Crippen molar-refractivity contribution in [2.24, 2.45) is 82.9 Å². The van der Waals surface area contributed by atoms with Crippen molar-refractivity contribution in [1.29, 1.82) is 0 Å². The molecule has 37 atom stereocenters. The summed E-state index contributed by atoms with van der Waals surface area (Å²) >= 11 is 0. The topological polar surface area (TPSA) is 339 Å². The van der Waals surface area contributed by atoms with E-state index in [4.69, 9.17) is 88.5 Å². The summed E-state index contributed by atoms with van der Waals surface area (Å²) in [7, 11) is -14.3. The monoisotopic (exact) mass is 1960 g/mol. The quantitative estimate of drug-likeness (QED) is 0.0443. The summed E-state index contributed by atoms with van der Waals surface area (Å²) in [6.07, 6.45) is -0.0815. The molecule has 9 saturated heterocycles. The van der Waals surface area contributed by atoms with E-state index in [0.29, 0.717) is 116 Å². The van der Waals surface area contributed by atoms with Gasteiger partial charge in [-0.3, -0.25) is 22.8 Å². The summed E-state index contributed by atoms with van der Waals surface area (Å²) < 4.78 is 165. The molecule has 126 heavy (non-hydrogen) atoms. The molecule has 9 aliphatic heterocycles. The van der Waals surface area contributed by atoms with E-state index in [1.165, 1.54) is 6.66 Å². The first kappa shape index (κ1) is 124. The van der Waals surface area contributed by atoms with Crippen molar-refractivity contribution in [3.63, 3.8) is 0 Å². The van der Waals surface area contributed by atoms with Gasteiger partial charge in [0.25, 0.3) is 0 Å². The molecule has 9 heterocycles. The van der Waals surface area contributed by atoms with Gasteiger partial charge in [0.2, 0.25) is 0 Å². The lowest BCUT2D eigenvalue weighted by Crippen LogP contribution is -2.35. The lowest BCUT2D eigenvalue weighted by atomic mass is 9.91. The van der Waals surface area contributed by atoms with Crippen LogP contribution in [0.1, 0.15) is 187 Å². The van der Waals surface area contributed by atoms with Crippen LogP contribution in [0.3, 0.4) is 0 Å². The molecule has 0 aromatic rings. The zero-order chi connectivity index (χ0) is 97.1. The average Bonchev–Trinajstić information content (AvgIpc) is 1.65. The van der Waals surface area contributed by atoms with Gasteiger partial charge in [0.1, 0.15) is 0 Å². The normalized spacial score (nSPS) is 39.2. The molecule has 0 bridgehead atoms. The molecule has 29 nitrogen and oxygen atoms in total. The zero-order valence-corrected chi connectivity index (χ0v) is 92.8. The van der Waals surface area contributed by atoms with Gasteiger partial charge in [-0.25, -0.2) is 9.34 Å². The van der Waals surface area contributed by atoms with Gasteiger partial charge in [-0.15, -0.1) is 0 Å². The molecule has 0 aliphatic carbocycles. The molecule has 9 aliphatic rings. The molecule has 0 saturated carbocycles. The number of hydrogen-bond acceptors (Lipinski definition) is 29. The van der Waals surface area contributed by atoms with Crippen molar-refractivity contribution in [2.75, 3.05) is 172 Å². The molecule has 9 rings (SSSR count). The lowest BCUT2D eigenvalue weighted by molar-refractivity contribution is -0.00608. The number of nitrogens with zero attached hydrogens (tertiary/aromatic N) is 2. The Bertz CT molecular complexity index is 3050. The van der Waals surface area contributed by atoms with Gasteiger partial charge >= 0.3 is 7.60 Å². The van der Waals surface area contributed by atoms with Gasteiger partial charge in [-0.1, -0.05) is 125 Å². The van der Waals surface area contributed by atoms with Crippen LogP contribution in [0.25, 0.3) is 0 Å². The molecule has 9 fully saturated rings. The number of aliphatic hydroxyl groups is 4. The standard InChI is InChI=1S/C17H38N2O4P2.C16H31O6P.C10H21O3P.2C10H21O2P.2C9H19O4P.C8H16O2/c1-9-18(10-2)24(19(11-3)12-4)23-17-14(5)16(22-15(17)6)13-21-25(7,8)20;1-9-10(2)15(20-12(9)4)8-19-23(6,18)22-16-11(3)14(7-17)21-13(16)5;1-7-8(2)10(13-9(7)3)6-12-14(4,5)11;2*1-7-8(2)10(12-9(7)3)6-11-13(4)5;2*1-6-8(5-12-14(3,4)11)13-7(2)9(6)10;1-5-6(2)8(4-9)10-7(5)3/h14-17H,9-13H2,1-8H3;9-17H,7-8H2,1-6H3;7-10H,6H2,1-5H3;2*7-10H,6H2,1-5H3;2*6-10H,5H2,1-4H3;5-9H,4H2,1-3H3/t14?,15-,16+,17-;9?,10?,11?,12-,13-,14+,15+,16?,23?;3*7-,8?,9-,10+;2*6?,7-,8+,9-;5-,6?,7-,8+/m00000000/s1. The molecule has 0 aromatic heterocycles. The number of hydrogen-bond donors (Lipinski definition) is 4. The van der Waals surface area contributed by atoms with E-state index in [1.54, 1.807) is 53.3 Å². The molecular formula is C89H186N2O27P8. The molecule has 4 N–H and O–H groups in total. The third kappa shape index (κ3) is 42.3. The van der Waals surface area contributed by atoms with Crippen molar-refractivity contribution < 1.29 is 127 Å². The summed E-state index contributed by atoms with van der Waals surface area (Å²) in [6, 6.07) is 0. The van der Waals surface area contributed by atoms with Gasteiger partial charge in [0, 0.05) is 126 Å². The number of rotatable bonds is 33. The second kappa shape index (κ2) is 57.9. The summed E-state index contributed by atoms with van der Waals surface area (Å²) in [5, 5.41) is 37.4. The summed E-state index contributed by atoms with van der Waals surface area (Å²) in [6.45, 7) is 86.8. The third-order valence-electron chi connectivity index (χ3n) is 27.1. The van der Waals surface area contributed by atoms with Crippen molar-refractivity contribution >= 4 is 61.8 Å². The Morgan fingerprint density at radius 3 is 0.714 bits per heavy atom. The van der Waals surface area contributed by atoms with Gasteiger partial charge in [0.05, 0.1) is 194 Å². The van der Waals surface area contributed by atoms with E-state index in [9.17, 15) is 38.1 Å². The van der Waals surface area contributed by atoms with Crippen LogP contribution < -0.4 is 0 Å². The van der Waals surface area contributed by atoms with E-state index < -0.39 is 57.7 Å². The van der Waals surface area contributed by atoms with Crippen LogP contribution in [0.5, 0.6) is 0 Å². The van der Waals surface area contributed by atoms with Crippen LogP contribution in [0.4, 0.5) is 0 Å². The maximum Gasteiger partial charge on any atom is 0.328 e. The van der Waals surface area contributed by atoms with E-state index in [2.05, 4.69) is 181 Å². The Morgan fingerprint density at radius 2 is 0.492 bits per heavy atom. The van der Waals surface area contributed by atoms with E-state index >= 15 is 0 Å². The van der Waals surface area contributed by atoms with Crippen LogP contribution in [-0.4, -0.2) is 336 Å². The Morgan fingerprint density at radius 1 is 0.278 bits per heavy atom. The molecular weight excluding hydrogens is 1780 g/mol. The van der Waals surface area contributed by atoms with Crippen LogP contribution in [0.15, 0.2) is 0 Å².